The molecular weight excluding hydrogens is 364 g/mol. The van der Waals surface area contributed by atoms with Gasteiger partial charge in [-0.05, 0) is 47.4 Å². The number of hydrogen-bond donors (Lipinski definition) is 0. The van der Waals surface area contributed by atoms with E-state index in [1.807, 2.05) is 18.2 Å². The molecule has 0 bridgehead atoms. The van der Waals surface area contributed by atoms with E-state index in [4.69, 9.17) is 0 Å². The van der Waals surface area contributed by atoms with Gasteiger partial charge in [-0.15, -0.1) is 11.3 Å². The van der Waals surface area contributed by atoms with Gasteiger partial charge in [-0.1, -0.05) is 61.5 Å². The predicted molar refractivity (Wildman–Crippen MR) is 116 cm³/mol. The Balaban J connectivity index is 1.47. The van der Waals surface area contributed by atoms with Gasteiger partial charge in [-0.2, -0.15) is 0 Å². The van der Waals surface area contributed by atoms with Crippen molar-refractivity contribution in [2.75, 3.05) is 0 Å². The second-order valence-corrected chi connectivity index (χ2v) is 8.86. The molecule has 0 aliphatic heterocycles. The SMILES string of the molecule is C[C@@H]1CCc2c(sc3ncn(Cc4ccc(-c5ccccc5)cc4)c(=O)c23)C1. The average molecular weight is 387 g/mol. The normalized spacial score (nSPS) is 16.2. The maximum absolute atomic E-state index is 13.2. The molecule has 0 unspecified atom stereocenters. The van der Waals surface area contributed by atoms with Crippen molar-refractivity contribution in [1.82, 2.24) is 9.55 Å². The first kappa shape index (κ1) is 17.4. The molecule has 1 atom stereocenters. The molecule has 28 heavy (non-hydrogen) atoms. The topological polar surface area (TPSA) is 34.9 Å². The van der Waals surface area contributed by atoms with Crippen LogP contribution in [0.5, 0.6) is 0 Å². The summed E-state index contributed by atoms with van der Waals surface area (Å²) in [6.07, 6.45) is 4.95. The van der Waals surface area contributed by atoms with Gasteiger partial charge in [0.1, 0.15) is 4.83 Å². The summed E-state index contributed by atoms with van der Waals surface area (Å²) in [6, 6.07) is 18.8. The molecule has 0 spiro atoms. The number of thiophene rings is 1. The summed E-state index contributed by atoms with van der Waals surface area (Å²) in [5, 5.41) is 0.857. The van der Waals surface area contributed by atoms with Gasteiger partial charge >= 0.3 is 0 Å². The lowest BCUT2D eigenvalue weighted by molar-refractivity contribution is 0.509. The van der Waals surface area contributed by atoms with Crippen LogP contribution in [0.15, 0.2) is 65.7 Å². The zero-order valence-corrected chi connectivity index (χ0v) is 16.7. The number of nitrogens with zero attached hydrogens (tertiary/aromatic N) is 2. The van der Waals surface area contributed by atoms with Crippen LogP contribution < -0.4 is 5.56 Å². The maximum Gasteiger partial charge on any atom is 0.262 e. The molecule has 2 heterocycles. The van der Waals surface area contributed by atoms with Crippen molar-refractivity contribution >= 4 is 21.6 Å². The highest BCUT2D eigenvalue weighted by molar-refractivity contribution is 7.18. The van der Waals surface area contributed by atoms with Gasteiger partial charge in [-0.3, -0.25) is 9.36 Å². The van der Waals surface area contributed by atoms with E-state index in [2.05, 4.69) is 48.3 Å². The highest BCUT2D eigenvalue weighted by atomic mass is 32.1. The minimum absolute atomic E-state index is 0.101. The van der Waals surface area contributed by atoms with Gasteiger partial charge < -0.3 is 0 Å². The molecule has 0 radical (unpaired) electrons. The van der Waals surface area contributed by atoms with Crippen LogP contribution in [0.3, 0.4) is 0 Å². The van der Waals surface area contributed by atoms with Crippen molar-refractivity contribution in [1.29, 1.82) is 0 Å². The molecule has 4 heteroatoms. The van der Waals surface area contributed by atoms with E-state index in [0.29, 0.717) is 12.5 Å². The first-order valence-corrected chi connectivity index (χ1v) is 10.6. The Morgan fingerprint density at radius 1 is 1.07 bits per heavy atom. The number of aryl methyl sites for hydroxylation is 1. The fraction of sp³-hybridized carbons (Fsp3) is 0.250. The van der Waals surface area contributed by atoms with E-state index in [0.717, 1.165) is 35.0 Å². The van der Waals surface area contributed by atoms with Crippen molar-refractivity contribution in [2.24, 2.45) is 5.92 Å². The molecule has 0 fully saturated rings. The summed E-state index contributed by atoms with van der Waals surface area (Å²) in [5.41, 5.74) is 4.86. The van der Waals surface area contributed by atoms with Crippen LogP contribution in [-0.4, -0.2) is 9.55 Å². The minimum Gasteiger partial charge on any atom is -0.294 e. The van der Waals surface area contributed by atoms with Gasteiger partial charge in [0, 0.05) is 4.88 Å². The van der Waals surface area contributed by atoms with Crippen molar-refractivity contribution in [3.63, 3.8) is 0 Å². The molecule has 0 N–H and O–H groups in total. The Morgan fingerprint density at radius 3 is 2.61 bits per heavy atom. The Morgan fingerprint density at radius 2 is 1.82 bits per heavy atom. The van der Waals surface area contributed by atoms with E-state index in [1.165, 1.54) is 21.6 Å². The third-order valence-electron chi connectivity index (χ3n) is 5.70. The van der Waals surface area contributed by atoms with Gasteiger partial charge in [0.05, 0.1) is 18.3 Å². The summed E-state index contributed by atoms with van der Waals surface area (Å²) in [4.78, 5) is 20.0. The molecule has 0 saturated heterocycles. The molecule has 5 rings (SSSR count). The van der Waals surface area contributed by atoms with Gasteiger partial charge in [0.2, 0.25) is 0 Å². The molecule has 4 aromatic rings. The summed E-state index contributed by atoms with van der Waals surface area (Å²) < 4.78 is 1.75. The Bertz CT molecular complexity index is 1190. The van der Waals surface area contributed by atoms with Crippen LogP contribution in [0.4, 0.5) is 0 Å². The second-order valence-electron chi connectivity index (χ2n) is 7.77. The largest absolute Gasteiger partial charge is 0.294 e. The zero-order valence-electron chi connectivity index (χ0n) is 15.9. The predicted octanol–water partition coefficient (Wildman–Crippen LogP) is 5.30. The molecule has 3 nitrogen and oxygen atoms in total. The van der Waals surface area contributed by atoms with Crippen LogP contribution in [0.25, 0.3) is 21.3 Å². The fourth-order valence-electron chi connectivity index (χ4n) is 4.11. The van der Waals surface area contributed by atoms with Crippen molar-refractivity contribution in [3.8, 4) is 11.1 Å². The lowest BCUT2D eigenvalue weighted by Crippen LogP contribution is -2.22. The van der Waals surface area contributed by atoms with E-state index in [1.54, 1.807) is 22.2 Å². The third kappa shape index (κ3) is 3.08. The lowest BCUT2D eigenvalue weighted by Gasteiger charge is -2.17. The Hall–Kier alpha value is -2.72. The Labute approximate surface area is 168 Å². The molecule has 1 aliphatic rings. The summed E-state index contributed by atoms with van der Waals surface area (Å²) >= 11 is 1.71. The lowest BCUT2D eigenvalue weighted by atomic mass is 9.89. The van der Waals surface area contributed by atoms with E-state index in [9.17, 15) is 4.79 Å². The molecule has 140 valence electrons. The average Bonchev–Trinajstić information content (AvgIpc) is 3.09. The highest BCUT2D eigenvalue weighted by Gasteiger charge is 2.23. The minimum atomic E-state index is 0.101. The van der Waals surface area contributed by atoms with Crippen LogP contribution in [-0.2, 0) is 19.4 Å². The number of hydrogen-bond acceptors (Lipinski definition) is 3. The monoisotopic (exact) mass is 386 g/mol. The quantitative estimate of drug-likeness (QED) is 0.479. The van der Waals surface area contributed by atoms with Crippen LogP contribution in [0.1, 0.15) is 29.3 Å². The van der Waals surface area contributed by atoms with E-state index in [-0.39, 0.29) is 5.56 Å². The number of benzene rings is 2. The third-order valence-corrected chi connectivity index (χ3v) is 6.86. The van der Waals surface area contributed by atoms with Gasteiger partial charge in [0.25, 0.3) is 5.56 Å². The van der Waals surface area contributed by atoms with Crippen molar-refractivity contribution < 1.29 is 0 Å². The molecule has 2 aromatic carbocycles. The molecular formula is C24H22N2OS. The van der Waals surface area contributed by atoms with E-state index >= 15 is 0 Å². The van der Waals surface area contributed by atoms with E-state index < -0.39 is 0 Å². The zero-order chi connectivity index (χ0) is 19.1. The van der Waals surface area contributed by atoms with Crippen molar-refractivity contribution in [2.45, 2.75) is 32.7 Å². The smallest absolute Gasteiger partial charge is 0.262 e. The molecule has 1 aliphatic carbocycles. The fourth-order valence-corrected chi connectivity index (χ4v) is 5.45. The van der Waals surface area contributed by atoms with Gasteiger partial charge in [-0.25, -0.2) is 4.98 Å². The first-order chi connectivity index (χ1) is 13.7. The number of rotatable bonds is 3. The maximum atomic E-state index is 13.2. The standard InChI is InChI=1S/C24H22N2OS/c1-16-7-12-20-21(13-16)28-23-22(20)24(27)26(15-25-23)14-17-8-10-19(11-9-17)18-5-3-2-4-6-18/h2-6,8-11,15-16H,7,12-14H2,1H3/t16-/m1/s1. The summed E-state index contributed by atoms with van der Waals surface area (Å²) in [5.74, 6) is 0.700. The molecule has 0 saturated carbocycles. The molecule has 2 aromatic heterocycles. The Kier molecular flexibility index (Phi) is 4.36. The van der Waals surface area contributed by atoms with Crippen LogP contribution >= 0.6 is 11.3 Å². The first-order valence-electron chi connectivity index (χ1n) is 9.83. The molecule has 0 amide bonds. The summed E-state index contributed by atoms with van der Waals surface area (Å²) in [7, 11) is 0. The number of aromatic nitrogens is 2. The summed E-state index contributed by atoms with van der Waals surface area (Å²) in [6.45, 7) is 2.84. The van der Waals surface area contributed by atoms with Gasteiger partial charge in [0.15, 0.2) is 0 Å². The highest BCUT2D eigenvalue weighted by Crippen LogP contribution is 2.35. The van der Waals surface area contributed by atoms with Crippen LogP contribution in [0.2, 0.25) is 0 Å². The van der Waals surface area contributed by atoms with Crippen molar-refractivity contribution in [3.05, 3.63) is 87.3 Å². The van der Waals surface area contributed by atoms with Crippen LogP contribution in [0, 0.1) is 5.92 Å². The number of fused-ring (bicyclic) bond motifs is 3. The second kappa shape index (κ2) is 7.02.